The molecular weight excluding hydrogens is 300 g/mol. The van der Waals surface area contributed by atoms with Crippen LogP contribution in [0.1, 0.15) is 27.3 Å². The van der Waals surface area contributed by atoms with E-state index < -0.39 is 0 Å². The molecule has 1 aliphatic heterocycles. The standard InChI is InChI=1S/C19H26N4O/c1-15-5-4-6-18(13-15)19(24)22-10-7-21(8-11-22)9-12-23-17(3)14-16(2)20-23/h4-6,13-14H,7-12H2,1-3H3. The van der Waals surface area contributed by atoms with Gasteiger partial charge in [0, 0.05) is 44.0 Å². The Kier molecular flexibility index (Phi) is 5.00. The number of amides is 1. The molecule has 5 heteroatoms. The lowest BCUT2D eigenvalue weighted by atomic mass is 10.1. The van der Waals surface area contributed by atoms with E-state index in [9.17, 15) is 4.79 Å². The maximum Gasteiger partial charge on any atom is 0.253 e. The van der Waals surface area contributed by atoms with Crippen molar-refractivity contribution in [3.63, 3.8) is 0 Å². The van der Waals surface area contributed by atoms with Crippen LogP contribution in [-0.4, -0.2) is 58.2 Å². The summed E-state index contributed by atoms with van der Waals surface area (Å²) >= 11 is 0. The minimum atomic E-state index is 0.150. The smallest absolute Gasteiger partial charge is 0.253 e. The third-order valence-electron chi connectivity index (χ3n) is 4.66. The molecule has 1 fully saturated rings. The number of rotatable bonds is 4. The van der Waals surface area contributed by atoms with Gasteiger partial charge in [-0.05, 0) is 39.0 Å². The molecule has 3 rings (SSSR count). The van der Waals surface area contributed by atoms with Crippen molar-refractivity contribution in [1.82, 2.24) is 19.6 Å². The molecule has 2 heterocycles. The Balaban J connectivity index is 1.50. The first kappa shape index (κ1) is 16.7. The predicted molar refractivity (Wildman–Crippen MR) is 95.2 cm³/mol. The van der Waals surface area contributed by atoms with Crippen molar-refractivity contribution >= 4 is 5.91 Å². The van der Waals surface area contributed by atoms with Gasteiger partial charge in [-0.1, -0.05) is 17.7 Å². The molecule has 0 unspecified atom stereocenters. The molecule has 1 aromatic carbocycles. The van der Waals surface area contributed by atoms with Gasteiger partial charge in [-0.25, -0.2) is 0 Å². The second-order valence-corrected chi connectivity index (χ2v) is 6.65. The second-order valence-electron chi connectivity index (χ2n) is 6.65. The molecule has 5 nitrogen and oxygen atoms in total. The Bertz CT molecular complexity index is 714. The van der Waals surface area contributed by atoms with Gasteiger partial charge in [0.15, 0.2) is 0 Å². The number of hydrogen-bond acceptors (Lipinski definition) is 3. The monoisotopic (exact) mass is 326 g/mol. The minimum absolute atomic E-state index is 0.150. The van der Waals surface area contributed by atoms with Crippen LogP contribution in [0.2, 0.25) is 0 Å². The Hall–Kier alpha value is -2.14. The molecule has 0 radical (unpaired) electrons. The summed E-state index contributed by atoms with van der Waals surface area (Å²) in [5.41, 5.74) is 4.21. The lowest BCUT2D eigenvalue weighted by Crippen LogP contribution is -2.49. The molecule has 0 bridgehead atoms. The zero-order valence-corrected chi connectivity index (χ0v) is 14.8. The summed E-state index contributed by atoms with van der Waals surface area (Å²) in [6.45, 7) is 11.5. The summed E-state index contributed by atoms with van der Waals surface area (Å²) in [4.78, 5) is 17.0. The highest BCUT2D eigenvalue weighted by Crippen LogP contribution is 2.11. The third-order valence-corrected chi connectivity index (χ3v) is 4.66. The fraction of sp³-hybridized carbons (Fsp3) is 0.474. The van der Waals surface area contributed by atoms with Gasteiger partial charge in [-0.3, -0.25) is 14.4 Å². The number of carbonyl (C=O) groups is 1. The van der Waals surface area contributed by atoms with Crippen LogP contribution in [0.5, 0.6) is 0 Å². The normalized spacial score (nSPS) is 15.7. The second kappa shape index (κ2) is 7.18. The molecule has 0 N–H and O–H groups in total. The molecule has 1 saturated heterocycles. The lowest BCUT2D eigenvalue weighted by molar-refractivity contribution is 0.0631. The largest absolute Gasteiger partial charge is 0.336 e. The van der Waals surface area contributed by atoms with Gasteiger partial charge < -0.3 is 4.90 Å². The van der Waals surface area contributed by atoms with Crippen LogP contribution in [-0.2, 0) is 6.54 Å². The van der Waals surface area contributed by atoms with Gasteiger partial charge in [-0.15, -0.1) is 0 Å². The van der Waals surface area contributed by atoms with Crippen molar-refractivity contribution < 1.29 is 4.79 Å². The molecule has 24 heavy (non-hydrogen) atoms. The summed E-state index contributed by atoms with van der Waals surface area (Å²) in [6.07, 6.45) is 0. The van der Waals surface area contributed by atoms with Crippen LogP contribution >= 0.6 is 0 Å². The summed E-state index contributed by atoms with van der Waals surface area (Å²) in [5, 5.41) is 4.51. The van der Waals surface area contributed by atoms with Crippen molar-refractivity contribution in [2.24, 2.45) is 0 Å². The number of benzene rings is 1. The summed E-state index contributed by atoms with van der Waals surface area (Å²) in [5.74, 6) is 0.150. The van der Waals surface area contributed by atoms with Crippen LogP contribution in [0.3, 0.4) is 0 Å². The number of carbonyl (C=O) groups excluding carboxylic acids is 1. The highest BCUT2D eigenvalue weighted by atomic mass is 16.2. The van der Waals surface area contributed by atoms with Gasteiger partial charge in [0.25, 0.3) is 5.91 Å². The van der Waals surface area contributed by atoms with E-state index in [0.717, 1.165) is 56.1 Å². The van der Waals surface area contributed by atoms with Gasteiger partial charge in [0.2, 0.25) is 0 Å². The third kappa shape index (κ3) is 3.85. The van der Waals surface area contributed by atoms with Crippen LogP contribution in [0.25, 0.3) is 0 Å². The fourth-order valence-corrected chi connectivity index (χ4v) is 3.27. The van der Waals surface area contributed by atoms with Crippen molar-refractivity contribution in [1.29, 1.82) is 0 Å². The molecular formula is C19H26N4O. The number of hydrogen-bond donors (Lipinski definition) is 0. The first-order chi connectivity index (χ1) is 11.5. The molecule has 0 atom stereocenters. The van der Waals surface area contributed by atoms with E-state index in [4.69, 9.17) is 0 Å². The first-order valence-corrected chi connectivity index (χ1v) is 8.62. The predicted octanol–water partition coefficient (Wildman–Crippen LogP) is 2.27. The van der Waals surface area contributed by atoms with Crippen LogP contribution < -0.4 is 0 Å². The minimum Gasteiger partial charge on any atom is -0.336 e. The van der Waals surface area contributed by atoms with E-state index in [0.29, 0.717) is 0 Å². The molecule has 0 aliphatic carbocycles. The van der Waals surface area contributed by atoms with Crippen molar-refractivity contribution in [3.8, 4) is 0 Å². The summed E-state index contributed by atoms with van der Waals surface area (Å²) in [7, 11) is 0. The van der Waals surface area contributed by atoms with Crippen molar-refractivity contribution in [2.45, 2.75) is 27.3 Å². The average Bonchev–Trinajstić information content (AvgIpc) is 2.90. The lowest BCUT2D eigenvalue weighted by Gasteiger charge is -2.34. The summed E-state index contributed by atoms with van der Waals surface area (Å²) < 4.78 is 2.07. The van der Waals surface area contributed by atoms with Crippen LogP contribution in [0.15, 0.2) is 30.3 Å². The number of piperazine rings is 1. The fourth-order valence-electron chi connectivity index (χ4n) is 3.27. The van der Waals surface area contributed by atoms with Gasteiger partial charge in [0.1, 0.15) is 0 Å². The maximum atomic E-state index is 12.6. The van der Waals surface area contributed by atoms with E-state index in [-0.39, 0.29) is 5.91 Å². The quantitative estimate of drug-likeness (QED) is 0.865. The zero-order chi connectivity index (χ0) is 17.1. The number of nitrogens with zero attached hydrogens (tertiary/aromatic N) is 4. The van der Waals surface area contributed by atoms with Crippen molar-refractivity contribution in [2.75, 3.05) is 32.7 Å². The molecule has 0 spiro atoms. The first-order valence-electron chi connectivity index (χ1n) is 8.62. The average molecular weight is 326 g/mol. The van der Waals surface area contributed by atoms with E-state index >= 15 is 0 Å². The van der Waals surface area contributed by atoms with Crippen LogP contribution in [0, 0.1) is 20.8 Å². The Morgan fingerprint density at radius 1 is 1.04 bits per heavy atom. The maximum absolute atomic E-state index is 12.6. The highest BCUT2D eigenvalue weighted by molar-refractivity contribution is 5.94. The Morgan fingerprint density at radius 3 is 2.42 bits per heavy atom. The van der Waals surface area contributed by atoms with E-state index in [1.54, 1.807) is 0 Å². The Morgan fingerprint density at radius 2 is 1.79 bits per heavy atom. The van der Waals surface area contributed by atoms with Crippen LogP contribution in [0.4, 0.5) is 0 Å². The number of aryl methyl sites for hydroxylation is 3. The van der Waals surface area contributed by atoms with E-state index in [1.807, 2.05) is 43.0 Å². The topological polar surface area (TPSA) is 41.4 Å². The van der Waals surface area contributed by atoms with Gasteiger partial charge in [-0.2, -0.15) is 5.10 Å². The highest BCUT2D eigenvalue weighted by Gasteiger charge is 2.22. The molecule has 1 aliphatic rings. The summed E-state index contributed by atoms with van der Waals surface area (Å²) in [6, 6.07) is 9.96. The van der Waals surface area contributed by atoms with E-state index in [1.165, 1.54) is 5.69 Å². The molecule has 1 aromatic heterocycles. The van der Waals surface area contributed by atoms with Gasteiger partial charge in [0.05, 0.1) is 12.2 Å². The van der Waals surface area contributed by atoms with E-state index in [2.05, 4.69) is 27.7 Å². The molecule has 1 amide bonds. The Labute approximate surface area is 143 Å². The molecule has 128 valence electrons. The van der Waals surface area contributed by atoms with Gasteiger partial charge >= 0.3 is 0 Å². The zero-order valence-electron chi connectivity index (χ0n) is 14.8. The number of aromatic nitrogens is 2. The molecule has 0 saturated carbocycles. The van der Waals surface area contributed by atoms with Crippen molar-refractivity contribution in [3.05, 3.63) is 52.8 Å². The SMILES string of the molecule is Cc1cccc(C(=O)N2CCN(CCn3nc(C)cc3C)CC2)c1. The molecule has 2 aromatic rings.